The van der Waals surface area contributed by atoms with Gasteiger partial charge in [0.15, 0.2) is 5.13 Å². The van der Waals surface area contributed by atoms with Gasteiger partial charge in [-0.05, 0) is 13.8 Å². The minimum atomic E-state index is -1.04. The molecule has 0 aromatic carbocycles. The molecule has 1 aromatic rings. The second-order valence-corrected chi connectivity index (χ2v) is 6.69. The molecule has 0 bridgehead atoms. The summed E-state index contributed by atoms with van der Waals surface area (Å²) >= 11 is 1.34. The number of aromatic nitrogens is 1. The Bertz CT molecular complexity index is 491. The minimum Gasteiger partial charge on any atom is -0.480 e. The number of nitrogens with zero attached hydrogens (tertiary/aromatic N) is 2. The van der Waals surface area contributed by atoms with Gasteiger partial charge in [0.2, 0.25) is 0 Å². The van der Waals surface area contributed by atoms with Crippen LogP contribution in [0.3, 0.4) is 0 Å². The van der Waals surface area contributed by atoms with Crippen LogP contribution in [0.25, 0.3) is 0 Å². The number of nitrogens with one attached hydrogen (secondary N) is 1. The van der Waals surface area contributed by atoms with Gasteiger partial charge in [-0.25, -0.2) is 9.78 Å². The summed E-state index contributed by atoms with van der Waals surface area (Å²) in [4.78, 5) is 28.4. The second-order valence-electron chi connectivity index (χ2n) is 5.83. The molecule has 20 heavy (non-hydrogen) atoms. The SMILES string of the molecule is CC(C)N(CC(=O)O)C(=O)Nc1nc(C(C)(C)C)cs1. The number of carbonyl (C=O) groups excluding carboxylic acids is 1. The Morgan fingerprint density at radius 2 is 2.05 bits per heavy atom. The van der Waals surface area contributed by atoms with Gasteiger partial charge in [0.05, 0.1) is 5.69 Å². The first-order valence-electron chi connectivity index (χ1n) is 6.36. The fourth-order valence-corrected chi connectivity index (χ4v) is 2.40. The third-order valence-electron chi connectivity index (χ3n) is 2.68. The summed E-state index contributed by atoms with van der Waals surface area (Å²) in [6.07, 6.45) is 0. The number of urea groups is 1. The van der Waals surface area contributed by atoms with Gasteiger partial charge in [0.25, 0.3) is 0 Å². The lowest BCUT2D eigenvalue weighted by molar-refractivity contribution is -0.137. The normalized spacial score (nSPS) is 11.5. The molecule has 0 radical (unpaired) electrons. The zero-order valence-electron chi connectivity index (χ0n) is 12.4. The summed E-state index contributed by atoms with van der Waals surface area (Å²) in [7, 11) is 0. The van der Waals surface area contributed by atoms with Crippen LogP contribution in [0.2, 0.25) is 0 Å². The highest BCUT2D eigenvalue weighted by Gasteiger charge is 2.22. The molecule has 1 heterocycles. The van der Waals surface area contributed by atoms with E-state index >= 15 is 0 Å². The molecule has 7 heteroatoms. The highest BCUT2D eigenvalue weighted by Crippen LogP contribution is 2.26. The quantitative estimate of drug-likeness (QED) is 0.895. The maximum absolute atomic E-state index is 12.1. The largest absolute Gasteiger partial charge is 0.480 e. The van der Waals surface area contributed by atoms with Gasteiger partial charge in [-0.1, -0.05) is 20.8 Å². The van der Waals surface area contributed by atoms with Crippen LogP contribution in [0.5, 0.6) is 0 Å². The van der Waals surface area contributed by atoms with Crippen LogP contribution in [-0.4, -0.2) is 39.6 Å². The summed E-state index contributed by atoms with van der Waals surface area (Å²) < 4.78 is 0. The number of thiazole rings is 1. The zero-order chi connectivity index (χ0) is 15.5. The maximum atomic E-state index is 12.1. The third-order valence-corrected chi connectivity index (χ3v) is 3.43. The number of hydrogen-bond donors (Lipinski definition) is 2. The van der Waals surface area contributed by atoms with Crippen LogP contribution >= 0.6 is 11.3 Å². The Morgan fingerprint density at radius 1 is 1.45 bits per heavy atom. The van der Waals surface area contributed by atoms with E-state index in [9.17, 15) is 9.59 Å². The summed E-state index contributed by atoms with van der Waals surface area (Å²) in [6, 6.07) is -0.648. The van der Waals surface area contributed by atoms with Crippen molar-refractivity contribution in [1.82, 2.24) is 9.88 Å². The maximum Gasteiger partial charge on any atom is 0.324 e. The molecule has 1 rings (SSSR count). The molecule has 0 spiro atoms. The molecule has 112 valence electrons. The average Bonchev–Trinajstić information content (AvgIpc) is 2.73. The summed E-state index contributed by atoms with van der Waals surface area (Å²) in [5.74, 6) is -1.04. The molecule has 6 nitrogen and oxygen atoms in total. The van der Waals surface area contributed by atoms with E-state index in [2.05, 4.69) is 10.3 Å². The van der Waals surface area contributed by atoms with E-state index in [1.807, 2.05) is 26.2 Å². The number of hydrogen-bond acceptors (Lipinski definition) is 4. The Morgan fingerprint density at radius 3 is 2.45 bits per heavy atom. The van der Waals surface area contributed by atoms with Crippen molar-refractivity contribution in [3.8, 4) is 0 Å². The Kier molecular flexibility index (Phi) is 5.10. The predicted molar refractivity (Wildman–Crippen MR) is 79.3 cm³/mol. The smallest absolute Gasteiger partial charge is 0.324 e. The molecule has 0 atom stereocenters. The van der Waals surface area contributed by atoms with Gasteiger partial charge < -0.3 is 10.0 Å². The van der Waals surface area contributed by atoms with E-state index in [4.69, 9.17) is 5.11 Å². The van der Waals surface area contributed by atoms with Crippen molar-refractivity contribution in [3.05, 3.63) is 11.1 Å². The lowest BCUT2D eigenvalue weighted by Crippen LogP contribution is -2.43. The standard InChI is InChI=1S/C13H21N3O3S/c1-8(2)16(6-10(17)18)12(19)15-11-14-9(7-20-11)13(3,4)5/h7-8H,6H2,1-5H3,(H,17,18)(H,14,15,19). The monoisotopic (exact) mass is 299 g/mol. The molecule has 0 unspecified atom stereocenters. The van der Waals surface area contributed by atoms with Crippen molar-refractivity contribution in [2.75, 3.05) is 11.9 Å². The number of carbonyl (C=O) groups is 2. The van der Waals surface area contributed by atoms with Gasteiger partial charge >= 0.3 is 12.0 Å². The van der Waals surface area contributed by atoms with Crippen LogP contribution in [0.4, 0.5) is 9.93 Å². The molecule has 2 N–H and O–H groups in total. The first-order chi connectivity index (χ1) is 9.11. The van der Waals surface area contributed by atoms with Gasteiger partial charge in [-0.2, -0.15) is 0 Å². The van der Waals surface area contributed by atoms with Crippen LogP contribution in [-0.2, 0) is 10.2 Å². The Balaban J connectivity index is 2.78. The molecule has 0 saturated carbocycles. The summed E-state index contributed by atoms with van der Waals surface area (Å²) in [6.45, 7) is 9.33. The molecule has 1 aromatic heterocycles. The van der Waals surface area contributed by atoms with Crippen LogP contribution in [0, 0.1) is 0 Å². The van der Waals surface area contributed by atoms with E-state index in [1.54, 1.807) is 13.8 Å². The van der Waals surface area contributed by atoms with Crippen molar-refractivity contribution in [1.29, 1.82) is 0 Å². The van der Waals surface area contributed by atoms with E-state index < -0.39 is 12.0 Å². The Hall–Kier alpha value is -1.63. The number of anilines is 1. The van der Waals surface area contributed by atoms with E-state index in [1.165, 1.54) is 16.2 Å². The van der Waals surface area contributed by atoms with Gasteiger partial charge in [0, 0.05) is 16.8 Å². The molecule has 0 fully saturated rings. The number of carboxylic acid groups (broad SMARTS) is 1. The fraction of sp³-hybridized carbons (Fsp3) is 0.615. The lowest BCUT2D eigenvalue weighted by atomic mass is 9.93. The number of aliphatic carboxylic acids is 1. The highest BCUT2D eigenvalue weighted by atomic mass is 32.1. The third kappa shape index (κ3) is 4.48. The topological polar surface area (TPSA) is 82.5 Å². The van der Waals surface area contributed by atoms with Crippen LogP contribution in [0.1, 0.15) is 40.3 Å². The van der Waals surface area contributed by atoms with Crippen molar-refractivity contribution in [2.45, 2.75) is 46.1 Å². The fourth-order valence-electron chi connectivity index (χ4n) is 1.47. The van der Waals surface area contributed by atoms with E-state index in [0.717, 1.165) is 5.69 Å². The van der Waals surface area contributed by atoms with Crippen molar-refractivity contribution in [3.63, 3.8) is 0 Å². The molecular weight excluding hydrogens is 278 g/mol. The van der Waals surface area contributed by atoms with E-state index in [0.29, 0.717) is 5.13 Å². The first kappa shape index (κ1) is 16.4. The van der Waals surface area contributed by atoms with E-state index in [-0.39, 0.29) is 18.0 Å². The van der Waals surface area contributed by atoms with Crippen LogP contribution in [0.15, 0.2) is 5.38 Å². The molecular formula is C13H21N3O3S. The second kappa shape index (κ2) is 6.21. The molecule has 0 saturated heterocycles. The molecule has 0 aliphatic heterocycles. The van der Waals surface area contributed by atoms with Crippen molar-refractivity contribution < 1.29 is 14.7 Å². The average molecular weight is 299 g/mol. The summed E-state index contributed by atoms with van der Waals surface area (Å²) in [5.41, 5.74) is 0.810. The van der Waals surface area contributed by atoms with Crippen LogP contribution < -0.4 is 5.32 Å². The number of rotatable bonds is 4. The highest BCUT2D eigenvalue weighted by molar-refractivity contribution is 7.13. The number of amides is 2. The van der Waals surface area contributed by atoms with Gasteiger partial charge in [-0.15, -0.1) is 11.3 Å². The first-order valence-corrected chi connectivity index (χ1v) is 7.24. The number of carboxylic acids is 1. The minimum absolute atomic E-state index is 0.0850. The molecule has 2 amide bonds. The molecule has 0 aliphatic carbocycles. The summed E-state index contributed by atoms with van der Waals surface area (Å²) in [5, 5.41) is 13.9. The van der Waals surface area contributed by atoms with Gasteiger partial charge in [0.1, 0.15) is 6.54 Å². The van der Waals surface area contributed by atoms with Crippen molar-refractivity contribution in [2.24, 2.45) is 0 Å². The van der Waals surface area contributed by atoms with Crippen molar-refractivity contribution >= 4 is 28.5 Å². The zero-order valence-corrected chi connectivity index (χ0v) is 13.2. The van der Waals surface area contributed by atoms with Gasteiger partial charge in [-0.3, -0.25) is 10.1 Å². The Labute approximate surface area is 122 Å². The predicted octanol–water partition coefficient (Wildman–Crippen LogP) is 2.77. The lowest BCUT2D eigenvalue weighted by Gasteiger charge is -2.24. The molecule has 0 aliphatic rings.